The SMILES string of the molecule is COc1cc(OC)cc(C(NC(=O)c2cc(Cn3ccn(C)c3=N)cc(-c3ccc(F)cc3OC(F)F)c2)C2CC2)c1. The van der Waals surface area contributed by atoms with Crippen LogP contribution in [0.15, 0.2) is 67.0 Å². The topological polar surface area (TPSA) is 90.5 Å². The first-order valence-corrected chi connectivity index (χ1v) is 13.3. The van der Waals surface area contributed by atoms with Crippen molar-refractivity contribution < 1.29 is 32.2 Å². The molecular formula is C31H31F3N4O4. The number of amides is 1. The fraction of sp³-hybridized carbons (Fsp3) is 0.290. The Bertz CT molecular complexity index is 1640. The van der Waals surface area contributed by atoms with Gasteiger partial charge < -0.3 is 28.7 Å². The van der Waals surface area contributed by atoms with Crippen LogP contribution in [0.5, 0.6) is 17.2 Å². The van der Waals surface area contributed by atoms with E-state index in [-0.39, 0.29) is 46.9 Å². The summed E-state index contributed by atoms with van der Waals surface area (Å²) >= 11 is 0. The number of nitrogens with one attached hydrogen (secondary N) is 2. The number of methoxy groups -OCH3 is 2. The van der Waals surface area contributed by atoms with Crippen molar-refractivity contribution >= 4 is 5.91 Å². The normalized spacial score (nSPS) is 13.6. The second-order valence-corrected chi connectivity index (χ2v) is 10.2. The summed E-state index contributed by atoms with van der Waals surface area (Å²) in [5.41, 5.74) is 2.58. The molecule has 0 aliphatic heterocycles. The van der Waals surface area contributed by atoms with Crippen LogP contribution in [0.25, 0.3) is 11.1 Å². The molecular weight excluding hydrogens is 549 g/mol. The molecule has 1 saturated carbocycles. The first kappa shape index (κ1) is 28.8. The second-order valence-electron chi connectivity index (χ2n) is 10.2. The minimum Gasteiger partial charge on any atom is -0.497 e. The van der Waals surface area contributed by atoms with Gasteiger partial charge in [0, 0.05) is 42.7 Å². The number of nitrogens with zero attached hydrogens (tertiary/aromatic N) is 2. The first-order valence-electron chi connectivity index (χ1n) is 13.3. The Labute approximate surface area is 240 Å². The number of hydrogen-bond donors (Lipinski definition) is 2. The second kappa shape index (κ2) is 12.1. The summed E-state index contributed by atoms with van der Waals surface area (Å²) in [4.78, 5) is 13.8. The average molecular weight is 581 g/mol. The van der Waals surface area contributed by atoms with E-state index in [0.29, 0.717) is 22.6 Å². The minimum atomic E-state index is -3.17. The first-order chi connectivity index (χ1) is 20.1. The van der Waals surface area contributed by atoms with Crippen LogP contribution in [0.1, 0.15) is 40.4 Å². The van der Waals surface area contributed by atoms with Gasteiger partial charge in [-0.2, -0.15) is 8.78 Å². The number of carbonyl (C=O) groups excluding carboxylic acids is 1. The molecule has 3 aromatic carbocycles. The smallest absolute Gasteiger partial charge is 0.387 e. The predicted octanol–water partition coefficient (Wildman–Crippen LogP) is 5.66. The summed E-state index contributed by atoms with van der Waals surface area (Å²) < 4.78 is 59.2. The molecule has 2 N–H and O–H groups in total. The summed E-state index contributed by atoms with van der Waals surface area (Å²) in [7, 11) is 4.86. The van der Waals surface area contributed by atoms with Gasteiger partial charge in [-0.25, -0.2) is 4.39 Å². The highest BCUT2D eigenvalue weighted by Crippen LogP contribution is 2.43. The molecule has 5 rings (SSSR count). The molecule has 42 heavy (non-hydrogen) atoms. The lowest BCUT2D eigenvalue weighted by atomic mass is 9.97. The van der Waals surface area contributed by atoms with E-state index in [2.05, 4.69) is 10.1 Å². The number of carbonyl (C=O) groups is 1. The van der Waals surface area contributed by atoms with Gasteiger partial charge in [0.15, 0.2) is 0 Å². The zero-order chi connectivity index (χ0) is 30.0. The summed E-state index contributed by atoms with van der Waals surface area (Å²) in [6.45, 7) is -2.93. The number of rotatable bonds is 11. The Morgan fingerprint density at radius 1 is 1.02 bits per heavy atom. The molecule has 8 nitrogen and oxygen atoms in total. The van der Waals surface area contributed by atoms with Gasteiger partial charge >= 0.3 is 6.61 Å². The van der Waals surface area contributed by atoms with Crippen molar-refractivity contribution in [2.24, 2.45) is 13.0 Å². The van der Waals surface area contributed by atoms with Crippen LogP contribution in [0.3, 0.4) is 0 Å². The van der Waals surface area contributed by atoms with Gasteiger partial charge in [0.05, 0.1) is 26.8 Å². The Morgan fingerprint density at radius 2 is 1.74 bits per heavy atom. The lowest BCUT2D eigenvalue weighted by molar-refractivity contribution is -0.0496. The fourth-order valence-electron chi connectivity index (χ4n) is 4.98. The number of halogens is 3. The molecule has 1 heterocycles. The third kappa shape index (κ3) is 6.45. The highest BCUT2D eigenvalue weighted by molar-refractivity contribution is 5.96. The van der Waals surface area contributed by atoms with Crippen LogP contribution in [-0.2, 0) is 13.6 Å². The number of hydrogen-bond acceptors (Lipinski definition) is 5. The van der Waals surface area contributed by atoms with E-state index in [1.54, 1.807) is 67.1 Å². The molecule has 1 aromatic heterocycles. The Morgan fingerprint density at radius 3 is 2.33 bits per heavy atom. The van der Waals surface area contributed by atoms with E-state index in [1.165, 1.54) is 6.07 Å². The number of benzene rings is 3. The third-order valence-corrected chi connectivity index (χ3v) is 7.27. The molecule has 0 radical (unpaired) electrons. The van der Waals surface area contributed by atoms with Crippen LogP contribution < -0.4 is 25.1 Å². The maximum absolute atomic E-state index is 14.0. The molecule has 11 heteroatoms. The number of alkyl halides is 2. The summed E-state index contributed by atoms with van der Waals surface area (Å²) in [6, 6.07) is 13.5. The molecule has 1 aliphatic carbocycles. The van der Waals surface area contributed by atoms with Gasteiger partial charge in [-0.3, -0.25) is 10.2 Å². The Kier molecular flexibility index (Phi) is 8.28. The monoisotopic (exact) mass is 580 g/mol. The molecule has 0 bridgehead atoms. The average Bonchev–Trinajstić information content (AvgIpc) is 3.77. The van der Waals surface area contributed by atoms with E-state index in [0.717, 1.165) is 30.5 Å². The minimum absolute atomic E-state index is 0.202. The van der Waals surface area contributed by atoms with E-state index in [4.69, 9.17) is 14.9 Å². The van der Waals surface area contributed by atoms with Gasteiger partial charge in [0.1, 0.15) is 23.1 Å². The van der Waals surface area contributed by atoms with Crippen LogP contribution in [0, 0.1) is 17.1 Å². The number of aromatic nitrogens is 2. The molecule has 0 saturated heterocycles. The standard InChI is InChI=1S/C31H31F3N4O4/c1-37-8-9-38(31(37)35)17-18-10-20(26-7-6-23(32)15-27(26)42-30(33)34)12-22(11-18)29(39)36-28(19-4-5-19)21-13-24(40-2)16-25(14-21)41-3/h6-16,19,28,30,35H,4-5,17H2,1-3H3,(H,36,39). The van der Waals surface area contributed by atoms with E-state index < -0.39 is 12.4 Å². The maximum atomic E-state index is 14.0. The van der Waals surface area contributed by atoms with Gasteiger partial charge in [0.2, 0.25) is 5.62 Å². The number of aryl methyl sites for hydroxylation is 1. The third-order valence-electron chi connectivity index (χ3n) is 7.27. The van der Waals surface area contributed by atoms with Crippen LogP contribution >= 0.6 is 0 Å². The zero-order valence-electron chi connectivity index (χ0n) is 23.4. The van der Waals surface area contributed by atoms with Gasteiger partial charge in [-0.05, 0) is 77.9 Å². The zero-order valence-corrected chi connectivity index (χ0v) is 23.4. The van der Waals surface area contributed by atoms with E-state index in [1.807, 2.05) is 12.1 Å². The molecule has 1 atom stereocenters. The largest absolute Gasteiger partial charge is 0.497 e. The number of imidazole rings is 1. The van der Waals surface area contributed by atoms with E-state index >= 15 is 0 Å². The molecule has 4 aromatic rings. The van der Waals surface area contributed by atoms with Gasteiger partial charge in [-0.1, -0.05) is 0 Å². The van der Waals surface area contributed by atoms with Crippen LogP contribution in [-0.4, -0.2) is 35.9 Å². The van der Waals surface area contributed by atoms with Crippen molar-refractivity contribution in [2.75, 3.05) is 14.2 Å². The summed E-state index contributed by atoms with van der Waals surface area (Å²) in [5, 5.41) is 11.5. The lowest BCUT2D eigenvalue weighted by Crippen LogP contribution is -2.30. The lowest BCUT2D eigenvalue weighted by Gasteiger charge is -2.21. The van der Waals surface area contributed by atoms with Crippen LogP contribution in [0.2, 0.25) is 0 Å². The fourth-order valence-corrected chi connectivity index (χ4v) is 4.98. The van der Waals surface area contributed by atoms with Crippen LogP contribution in [0.4, 0.5) is 13.2 Å². The quantitative estimate of drug-likeness (QED) is 0.240. The van der Waals surface area contributed by atoms with E-state index in [9.17, 15) is 18.0 Å². The highest BCUT2D eigenvalue weighted by atomic mass is 19.3. The molecule has 220 valence electrons. The molecule has 1 aliphatic rings. The molecule has 1 amide bonds. The van der Waals surface area contributed by atoms with Gasteiger partial charge in [-0.15, -0.1) is 0 Å². The predicted molar refractivity (Wildman–Crippen MR) is 149 cm³/mol. The maximum Gasteiger partial charge on any atom is 0.387 e. The summed E-state index contributed by atoms with van der Waals surface area (Å²) in [6.07, 6.45) is 5.35. The Balaban J connectivity index is 1.55. The van der Waals surface area contributed by atoms with Crippen molar-refractivity contribution in [3.63, 3.8) is 0 Å². The van der Waals surface area contributed by atoms with Gasteiger partial charge in [0.25, 0.3) is 5.91 Å². The molecule has 0 spiro atoms. The Hall–Kier alpha value is -4.67. The van der Waals surface area contributed by atoms with Crippen molar-refractivity contribution in [3.8, 4) is 28.4 Å². The number of ether oxygens (including phenoxy) is 3. The van der Waals surface area contributed by atoms with Crippen molar-refractivity contribution in [2.45, 2.75) is 32.0 Å². The molecule has 1 unspecified atom stereocenters. The highest BCUT2D eigenvalue weighted by Gasteiger charge is 2.34. The molecule has 1 fully saturated rings. The summed E-state index contributed by atoms with van der Waals surface area (Å²) in [5.74, 6) is -0.0312. The van der Waals surface area contributed by atoms with Crippen molar-refractivity contribution in [3.05, 3.63) is 95.1 Å². The van der Waals surface area contributed by atoms with Crippen molar-refractivity contribution in [1.82, 2.24) is 14.5 Å². The van der Waals surface area contributed by atoms with Crippen molar-refractivity contribution in [1.29, 1.82) is 5.41 Å².